The van der Waals surface area contributed by atoms with E-state index >= 15 is 0 Å². The number of phenolic OH excluding ortho intramolecular Hbond substituents is 1. The summed E-state index contributed by atoms with van der Waals surface area (Å²) in [5, 5.41) is 17.5. The van der Waals surface area contributed by atoms with Crippen LogP contribution in [0.2, 0.25) is 10.2 Å². The smallest absolute Gasteiger partial charge is 0.255 e. The summed E-state index contributed by atoms with van der Waals surface area (Å²) in [5.41, 5.74) is 0.437. The van der Waals surface area contributed by atoms with Crippen molar-refractivity contribution in [3.8, 4) is 5.75 Å². The van der Waals surface area contributed by atoms with Gasteiger partial charge in [0.1, 0.15) is 23.0 Å². The zero-order valence-electron chi connectivity index (χ0n) is 9.38. The molecule has 2 heterocycles. The van der Waals surface area contributed by atoms with Crippen LogP contribution in [0.5, 0.6) is 5.75 Å². The predicted molar refractivity (Wildman–Crippen MR) is 72.2 cm³/mol. The average molecular weight is 296 g/mol. The molecule has 0 fully saturated rings. The van der Waals surface area contributed by atoms with Crippen molar-refractivity contribution >= 4 is 40.5 Å². The van der Waals surface area contributed by atoms with E-state index < -0.39 is 0 Å². The lowest BCUT2D eigenvalue weighted by Gasteiger charge is -2.10. The Kier molecular flexibility index (Phi) is 2.88. The number of nitrogens with zero attached hydrogens (tertiary/aromatic N) is 4. The second-order valence-corrected chi connectivity index (χ2v) is 4.55. The molecule has 0 radical (unpaired) electrons. The number of halogens is 2. The van der Waals surface area contributed by atoms with E-state index in [9.17, 15) is 5.11 Å². The average Bonchev–Trinajstić information content (AvgIpc) is 2.82. The van der Waals surface area contributed by atoms with Crippen molar-refractivity contribution in [3.05, 3.63) is 40.8 Å². The second-order valence-electron chi connectivity index (χ2n) is 3.72. The van der Waals surface area contributed by atoms with E-state index in [0.29, 0.717) is 22.3 Å². The standard InChI is InChI=1S/C11H7Cl2N5O/c12-6-1-2-8(19)7(3-6)16-10-4-9(13)17-11-14-5-15-18(10)11/h1-5,16,19H. The SMILES string of the molecule is Oc1ccc(Cl)cc1Nc1cc(Cl)nc2ncnn12. The van der Waals surface area contributed by atoms with Gasteiger partial charge in [0, 0.05) is 11.1 Å². The molecule has 0 atom stereocenters. The number of phenols is 1. The van der Waals surface area contributed by atoms with Crippen LogP contribution in [0, 0.1) is 0 Å². The van der Waals surface area contributed by atoms with Gasteiger partial charge in [0.05, 0.1) is 5.69 Å². The molecule has 0 saturated heterocycles. The summed E-state index contributed by atoms with van der Waals surface area (Å²) in [7, 11) is 0. The molecule has 0 saturated carbocycles. The van der Waals surface area contributed by atoms with E-state index in [0.717, 1.165) is 0 Å². The van der Waals surface area contributed by atoms with Crippen molar-refractivity contribution in [3.63, 3.8) is 0 Å². The van der Waals surface area contributed by atoms with Gasteiger partial charge in [-0.25, -0.2) is 0 Å². The highest BCUT2D eigenvalue weighted by Crippen LogP contribution is 2.29. The lowest BCUT2D eigenvalue weighted by Crippen LogP contribution is -2.01. The minimum atomic E-state index is 0.0607. The van der Waals surface area contributed by atoms with Gasteiger partial charge < -0.3 is 10.4 Å². The molecule has 0 aliphatic heterocycles. The molecular weight excluding hydrogens is 289 g/mol. The fraction of sp³-hybridized carbons (Fsp3) is 0. The number of benzene rings is 1. The summed E-state index contributed by atoms with van der Waals surface area (Å²) in [6.07, 6.45) is 1.36. The summed E-state index contributed by atoms with van der Waals surface area (Å²) in [5.74, 6) is 0.937. The van der Waals surface area contributed by atoms with Gasteiger partial charge in [0.2, 0.25) is 0 Å². The van der Waals surface area contributed by atoms with Crippen molar-refractivity contribution in [2.24, 2.45) is 0 Å². The van der Waals surface area contributed by atoms with Gasteiger partial charge in [-0.15, -0.1) is 0 Å². The number of aromatic hydroxyl groups is 1. The normalized spacial score (nSPS) is 10.8. The van der Waals surface area contributed by atoms with Crippen LogP contribution in [0.15, 0.2) is 30.6 Å². The zero-order chi connectivity index (χ0) is 13.4. The van der Waals surface area contributed by atoms with Crippen LogP contribution in [0.25, 0.3) is 5.78 Å². The van der Waals surface area contributed by atoms with E-state index in [4.69, 9.17) is 23.2 Å². The molecule has 8 heteroatoms. The number of aromatic nitrogens is 4. The Morgan fingerprint density at radius 1 is 1.21 bits per heavy atom. The van der Waals surface area contributed by atoms with E-state index in [2.05, 4.69) is 20.4 Å². The molecule has 3 aromatic rings. The van der Waals surface area contributed by atoms with E-state index in [1.165, 1.54) is 16.9 Å². The summed E-state index contributed by atoms with van der Waals surface area (Å²) in [6, 6.07) is 6.25. The molecule has 0 amide bonds. The van der Waals surface area contributed by atoms with Gasteiger partial charge in [-0.3, -0.25) is 0 Å². The minimum Gasteiger partial charge on any atom is -0.506 e. The molecule has 3 rings (SSSR count). The van der Waals surface area contributed by atoms with E-state index in [-0.39, 0.29) is 10.9 Å². The Bertz CT molecular complexity index is 758. The molecule has 0 aliphatic rings. The van der Waals surface area contributed by atoms with Gasteiger partial charge in [-0.2, -0.15) is 19.6 Å². The van der Waals surface area contributed by atoms with Gasteiger partial charge >= 0.3 is 0 Å². The maximum Gasteiger partial charge on any atom is 0.255 e. The Balaban J connectivity index is 2.10. The van der Waals surface area contributed by atoms with Crippen LogP contribution in [0.1, 0.15) is 0 Å². The van der Waals surface area contributed by atoms with Crippen LogP contribution in [0.3, 0.4) is 0 Å². The molecule has 0 unspecified atom stereocenters. The lowest BCUT2D eigenvalue weighted by molar-refractivity contribution is 0.477. The number of rotatable bonds is 2. The summed E-state index contributed by atoms with van der Waals surface area (Å²) >= 11 is 11.8. The van der Waals surface area contributed by atoms with Gasteiger partial charge in [0.25, 0.3) is 5.78 Å². The molecule has 0 bridgehead atoms. The maximum atomic E-state index is 9.77. The van der Waals surface area contributed by atoms with Crippen molar-refractivity contribution in [2.75, 3.05) is 5.32 Å². The molecular formula is C11H7Cl2N5O. The van der Waals surface area contributed by atoms with Crippen LogP contribution in [-0.4, -0.2) is 24.7 Å². The first kappa shape index (κ1) is 12.0. The van der Waals surface area contributed by atoms with Crippen molar-refractivity contribution in [2.45, 2.75) is 0 Å². The molecule has 2 aromatic heterocycles. The van der Waals surface area contributed by atoms with Crippen LogP contribution in [0.4, 0.5) is 11.5 Å². The number of anilines is 2. The lowest BCUT2D eigenvalue weighted by atomic mass is 10.3. The first-order valence-electron chi connectivity index (χ1n) is 5.25. The minimum absolute atomic E-state index is 0.0607. The number of hydrogen-bond donors (Lipinski definition) is 2. The summed E-state index contributed by atoms with van der Waals surface area (Å²) in [6.45, 7) is 0. The van der Waals surface area contributed by atoms with Gasteiger partial charge in [-0.05, 0) is 18.2 Å². The maximum absolute atomic E-state index is 9.77. The molecule has 1 aromatic carbocycles. The van der Waals surface area contributed by atoms with Crippen molar-refractivity contribution in [1.29, 1.82) is 0 Å². The number of nitrogens with one attached hydrogen (secondary N) is 1. The predicted octanol–water partition coefficient (Wildman–Crippen LogP) is 2.88. The summed E-state index contributed by atoms with van der Waals surface area (Å²) in [4.78, 5) is 7.95. The third kappa shape index (κ3) is 2.27. The van der Waals surface area contributed by atoms with E-state index in [1.54, 1.807) is 18.2 Å². The molecule has 96 valence electrons. The quantitative estimate of drug-likeness (QED) is 0.562. The largest absolute Gasteiger partial charge is 0.506 e. The molecule has 6 nitrogen and oxygen atoms in total. The van der Waals surface area contributed by atoms with Gasteiger partial charge in [-0.1, -0.05) is 23.2 Å². The zero-order valence-corrected chi connectivity index (χ0v) is 10.9. The molecule has 19 heavy (non-hydrogen) atoms. The van der Waals surface area contributed by atoms with Crippen LogP contribution >= 0.6 is 23.2 Å². The molecule has 0 aliphatic carbocycles. The molecule has 0 spiro atoms. The van der Waals surface area contributed by atoms with Crippen LogP contribution < -0.4 is 5.32 Å². The summed E-state index contributed by atoms with van der Waals surface area (Å²) < 4.78 is 1.46. The topological polar surface area (TPSA) is 75.3 Å². The fourth-order valence-corrected chi connectivity index (χ4v) is 1.97. The first-order valence-corrected chi connectivity index (χ1v) is 6.01. The number of fused-ring (bicyclic) bond motifs is 1. The van der Waals surface area contributed by atoms with Gasteiger partial charge in [0.15, 0.2) is 0 Å². The first-order chi connectivity index (χ1) is 9.13. The highest BCUT2D eigenvalue weighted by Gasteiger charge is 2.09. The third-order valence-corrected chi connectivity index (χ3v) is 2.87. The monoisotopic (exact) mass is 295 g/mol. The van der Waals surface area contributed by atoms with Crippen LogP contribution in [-0.2, 0) is 0 Å². The Hall–Kier alpha value is -2.05. The Labute approximate surface area is 117 Å². The Morgan fingerprint density at radius 2 is 2.05 bits per heavy atom. The highest BCUT2D eigenvalue weighted by molar-refractivity contribution is 6.31. The third-order valence-electron chi connectivity index (χ3n) is 2.44. The number of hydrogen-bond acceptors (Lipinski definition) is 5. The highest BCUT2D eigenvalue weighted by atomic mass is 35.5. The van der Waals surface area contributed by atoms with E-state index in [1.807, 2.05) is 0 Å². The second kappa shape index (κ2) is 4.56. The van der Waals surface area contributed by atoms with Crippen molar-refractivity contribution in [1.82, 2.24) is 19.6 Å². The Morgan fingerprint density at radius 3 is 2.89 bits per heavy atom. The van der Waals surface area contributed by atoms with Crippen molar-refractivity contribution < 1.29 is 5.11 Å². The fourth-order valence-electron chi connectivity index (χ4n) is 1.62. The molecule has 2 N–H and O–H groups in total.